The highest BCUT2D eigenvalue weighted by atomic mass is 16.3. The van der Waals surface area contributed by atoms with Crippen molar-refractivity contribution in [3.8, 4) is 0 Å². The fourth-order valence-electron chi connectivity index (χ4n) is 3.76. The molecule has 0 bridgehead atoms. The molecule has 110 valence electrons. The molecule has 2 aliphatic rings. The molecule has 3 rings (SSSR count). The third kappa shape index (κ3) is 2.77. The van der Waals surface area contributed by atoms with Gasteiger partial charge in [-0.05, 0) is 67.6 Å². The van der Waals surface area contributed by atoms with E-state index >= 15 is 0 Å². The van der Waals surface area contributed by atoms with Crippen molar-refractivity contribution in [2.24, 2.45) is 5.92 Å². The molecule has 0 aromatic heterocycles. The Labute approximate surface area is 121 Å². The summed E-state index contributed by atoms with van der Waals surface area (Å²) in [6.45, 7) is 2.23. The van der Waals surface area contributed by atoms with Gasteiger partial charge >= 0.3 is 0 Å². The molecule has 1 atom stereocenters. The van der Waals surface area contributed by atoms with E-state index in [1.54, 1.807) is 0 Å². The van der Waals surface area contributed by atoms with Gasteiger partial charge < -0.3 is 10.2 Å². The monoisotopic (exact) mass is 274 g/mol. The Kier molecular flexibility index (Phi) is 3.87. The van der Waals surface area contributed by atoms with E-state index in [-0.39, 0.29) is 0 Å². The van der Waals surface area contributed by atoms with E-state index in [0.29, 0.717) is 12.3 Å². The Morgan fingerprint density at radius 3 is 2.65 bits per heavy atom. The first kappa shape index (κ1) is 14.1. The second kappa shape index (κ2) is 5.50. The standard InChI is InChI=1S/C18H26O2/c1-13-7-9-18(20,10-8-13)17(19)12-14-5-6-15-3-2-4-16(15)11-14/h5-6,11,13,17,19-20H,2-4,7-10,12H2,1H3. The summed E-state index contributed by atoms with van der Waals surface area (Å²) in [6, 6.07) is 6.57. The summed E-state index contributed by atoms with van der Waals surface area (Å²) in [6.07, 6.45) is 7.09. The predicted octanol–water partition coefficient (Wildman–Crippen LogP) is 3.02. The minimum atomic E-state index is -0.870. The van der Waals surface area contributed by atoms with Crippen LogP contribution in [-0.2, 0) is 19.3 Å². The Morgan fingerprint density at radius 1 is 1.20 bits per heavy atom. The molecule has 0 amide bonds. The fraction of sp³-hybridized carbons (Fsp3) is 0.667. The van der Waals surface area contributed by atoms with Crippen LogP contribution in [-0.4, -0.2) is 21.9 Å². The molecule has 0 aliphatic heterocycles. The molecule has 1 fully saturated rings. The Bertz CT molecular complexity index is 472. The van der Waals surface area contributed by atoms with Crippen molar-refractivity contribution in [1.29, 1.82) is 0 Å². The summed E-state index contributed by atoms with van der Waals surface area (Å²) in [7, 11) is 0. The molecule has 2 N–H and O–H groups in total. The van der Waals surface area contributed by atoms with Crippen LogP contribution in [0.25, 0.3) is 0 Å². The maximum Gasteiger partial charge on any atom is 0.0908 e. The minimum Gasteiger partial charge on any atom is -0.390 e. The van der Waals surface area contributed by atoms with Gasteiger partial charge in [0.2, 0.25) is 0 Å². The quantitative estimate of drug-likeness (QED) is 0.889. The van der Waals surface area contributed by atoms with Crippen molar-refractivity contribution in [2.75, 3.05) is 0 Å². The maximum absolute atomic E-state index is 10.7. The number of fused-ring (bicyclic) bond motifs is 1. The van der Waals surface area contributed by atoms with E-state index in [1.165, 1.54) is 36.0 Å². The lowest BCUT2D eigenvalue weighted by Gasteiger charge is -2.38. The van der Waals surface area contributed by atoms with Crippen molar-refractivity contribution in [2.45, 2.75) is 70.0 Å². The number of rotatable bonds is 3. The van der Waals surface area contributed by atoms with Crippen molar-refractivity contribution in [1.82, 2.24) is 0 Å². The first-order chi connectivity index (χ1) is 9.57. The summed E-state index contributed by atoms with van der Waals surface area (Å²) in [5.74, 6) is 0.683. The van der Waals surface area contributed by atoms with E-state index in [0.717, 1.165) is 25.7 Å². The van der Waals surface area contributed by atoms with Crippen molar-refractivity contribution >= 4 is 0 Å². The maximum atomic E-state index is 10.7. The highest BCUT2D eigenvalue weighted by Gasteiger charge is 2.38. The molecule has 1 aromatic rings. The van der Waals surface area contributed by atoms with E-state index in [9.17, 15) is 10.2 Å². The van der Waals surface area contributed by atoms with Crippen LogP contribution in [0, 0.1) is 5.92 Å². The molecule has 1 aromatic carbocycles. The van der Waals surface area contributed by atoms with Gasteiger partial charge in [-0.25, -0.2) is 0 Å². The van der Waals surface area contributed by atoms with E-state index in [4.69, 9.17) is 0 Å². The molecule has 2 aliphatic carbocycles. The van der Waals surface area contributed by atoms with Gasteiger partial charge in [0.15, 0.2) is 0 Å². The van der Waals surface area contributed by atoms with Crippen LogP contribution < -0.4 is 0 Å². The second-order valence-corrected chi connectivity index (χ2v) is 6.96. The van der Waals surface area contributed by atoms with Gasteiger partial charge in [-0.1, -0.05) is 25.1 Å². The zero-order chi connectivity index (χ0) is 14.2. The summed E-state index contributed by atoms with van der Waals surface area (Å²) >= 11 is 0. The number of benzene rings is 1. The molecular weight excluding hydrogens is 248 g/mol. The van der Waals surface area contributed by atoms with Crippen LogP contribution in [0.4, 0.5) is 0 Å². The fourth-order valence-corrected chi connectivity index (χ4v) is 3.76. The molecule has 0 spiro atoms. The van der Waals surface area contributed by atoms with E-state index in [1.807, 2.05) is 0 Å². The van der Waals surface area contributed by atoms with E-state index < -0.39 is 11.7 Å². The highest BCUT2D eigenvalue weighted by molar-refractivity contribution is 5.35. The van der Waals surface area contributed by atoms with Crippen molar-refractivity contribution in [3.05, 3.63) is 34.9 Å². The molecule has 1 unspecified atom stereocenters. The van der Waals surface area contributed by atoms with Crippen molar-refractivity contribution < 1.29 is 10.2 Å². The summed E-state index contributed by atoms with van der Waals surface area (Å²) < 4.78 is 0. The lowest BCUT2D eigenvalue weighted by Crippen LogP contribution is -2.46. The minimum absolute atomic E-state index is 0.582. The number of aliphatic hydroxyl groups is 2. The SMILES string of the molecule is CC1CCC(O)(C(O)Cc2ccc3c(c2)CCC3)CC1. The predicted molar refractivity (Wildman–Crippen MR) is 80.8 cm³/mol. The molecule has 20 heavy (non-hydrogen) atoms. The highest BCUT2D eigenvalue weighted by Crippen LogP contribution is 2.35. The molecule has 0 saturated heterocycles. The van der Waals surface area contributed by atoms with Gasteiger partial charge in [0.05, 0.1) is 11.7 Å². The average molecular weight is 274 g/mol. The number of hydrogen-bond donors (Lipinski definition) is 2. The summed E-state index contributed by atoms with van der Waals surface area (Å²) in [5.41, 5.74) is 3.21. The zero-order valence-electron chi connectivity index (χ0n) is 12.4. The van der Waals surface area contributed by atoms with E-state index in [2.05, 4.69) is 25.1 Å². The third-order valence-corrected chi connectivity index (χ3v) is 5.35. The molecular formula is C18H26O2. The van der Waals surface area contributed by atoms with Gasteiger partial charge in [-0.15, -0.1) is 0 Å². The Hall–Kier alpha value is -0.860. The van der Waals surface area contributed by atoms with Crippen LogP contribution in [0.5, 0.6) is 0 Å². The summed E-state index contributed by atoms with van der Waals surface area (Å²) in [5, 5.41) is 21.1. The zero-order valence-corrected chi connectivity index (χ0v) is 12.4. The van der Waals surface area contributed by atoms with Gasteiger partial charge in [0, 0.05) is 6.42 Å². The van der Waals surface area contributed by atoms with Gasteiger partial charge in [0.1, 0.15) is 0 Å². The first-order valence-corrected chi connectivity index (χ1v) is 8.08. The molecule has 0 radical (unpaired) electrons. The number of aliphatic hydroxyl groups excluding tert-OH is 1. The van der Waals surface area contributed by atoms with Gasteiger partial charge in [-0.3, -0.25) is 0 Å². The Morgan fingerprint density at radius 2 is 1.90 bits per heavy atom. The number of aryl methyl sites for hydroxylation is 2. The molecule has 0 heterocycles. The van der Waals surface area contributed by atoms with Crippen LogP contribution in [0.15, 0.2) is 18.2 Å². The first-order valence-electron chi connectivity index (χ1n) is 8.08. The second-order valence-electron chi connectivity index (χ2n) is 6.96. The van der Waals surface area contributed by atoms with Crippen LogP contribution in [0.3, 0.4) is 0 Å². The van der Waals surface area contributed by atoms with Gasteiger partial charge in [0.25, 0.3) is 0 Å². The molecule has 1 saturated carbocycles. The molecule has 2 nitrogen and oxygen atoms in total. The van der Waals surface area contributed by atoms with Crippen molar-refractivity contribution in [3.63, 3.8) is 0 Å². The van der Waals surface area contributed by atoms with Crippen LogP contribution >= 0.6 is 0 Å². The largest absolute Gasteiger partial charge is 0.390 e. The topological polar surface area (TPSA) is 40.5 Å². The lowest BCUT2D eigenvalue weighted by molar-refractivity contribution is -0.102. The Balaban J connectivity index is 1.68. The average Bonchev–Trinajstić information content (AvgIpc) is 2.90. The molecule has 2 heteroatoms. The smallest absolute Gasteiger partial charge is 0.0908 e. The van der Waals surface area contributed by atoms with Crippen LogP contribution in [0.2, 0.25) is 0 Å². The van der Waals surface area contributed by atoms with Crippen LogP contribution in [0.1, 0.15) is 55.7 Å². The lowest BCUT2D eigenvalue weighted by atomic mass is 9.75. The number of hydrogen-bond acceptors (Lipinski definition) is 2. The normalized spacial score (nSPS) is 31.1. The summed E-state index contributed by atoms with van der Waals surface area (Å²) in [4.78, 5) is 0. The van der Waals surface area contributed by atoms with Gasteiger partial charge in [-0.2, -0.15) is 0 Å². The third-order valence-electron chi connectivity index (χ3n) is 5.35.